The molecule has 0 bridgehead atoms. The Labute approximate surface area is 188 Å². The predicted molar refractivity (Wildman–Crippen MR) is 126 cm³/mol. The Morgan fingerprint density at radius 3 is 2.43 bits per heavy atom. The van der Waals surface area contributed by atoms with Crippen LogP contribution in [0.25, 0.3) is 6.08 Å². The number of sulfone groups is 1. The van der Waals surface area contributed by atoms with Gasteiger partial charge in [-0.15, -0.1) is 0 Å². The number of nitrogens with zero attached hydrogens (tertiary/aromatic N) is 1. The number of benzene rings is 2. The third-order valence-electron chi connectivity index (χ3n) is 5.37. The summed E-state index contributed by atoms with van der Waals surface area (Å²) in [5.41, 5.74) is 3.22. The van der Waals surface area contributed by atoms with Gasteiger partial charge in [0.05, 0.1) is 11.5 Å². The average molecular weight is 490 g/mol. The third kappa shape index (κ3) is 6.05. The Bertz CT molecular complexity index is 1040. The van der Waals surface area contributed by atoms with Crippen LogP contribution in [0.3, 0.4) is 0 Å². The van der Waals surface area contributed by atoms with Gasteiger partial charge < -0.3 is 4.90 Å². The molecule has 1 atom stereocenters. The molecule has 0 spiro atoms. The van der Waals surface area contributed by atoms with Crippen LogP contribution in [0.15, 0.2) is 59.1 Å². The van der Waals surface area contributed by atoms with Crippen LogP contribution in [0.2, 0.25) is 0 Å². The fourth-order valence-corrected chi connectivity index (χ4v) is 5.78. The molecule has 6 heteroatoms. The van der Waals surface area contributed by atoms with E-state index in [0.717, 1.165) is 15.6 Å². The van der Waals surface area contributed by atoms with Crippen LogP contribution >= 0.6 is 15.9 Å². The van der Waals surface area contributed by atoms with E-state index in [0.29, 0.717) is 13.0 Å². The lowest BCUT2D eigenvalue weighted by atomic mass is 9.87. The van der Waals surface area contributed by atoms with E-state index in [9.17, 15) is 13.2 Å². The molecule has 1 saturated heterocycles. The van der Waals surface area contributed by atoms with Crippen LogP contribution in [-0.4, -0.2) is 36.8 Å². The van der Waals surface area contributed by atoms with Crippen molar-refractivity contribution >= 4 is 37.8 Å². The zero-order valence-electron chi connectivity index (χ0n) is 17.6. The third-order valence-corrected chi connectivity index (χ3v) is 7.61. The van der Waals surface area contributed by atoms with Crippen LogP contribution in [0, 0.1) is 0 Å². The van der Waals surface area contributed by atoms with Crippen molar-refractivity contribution in [2.24, 2.45) is 0 Å². The normalized spacial score (nSPS) is 18.6. The van der Waals surface area contributed by atoms with Crippen molar-refractivity contribution in [1.29, 1.82) is 0 Å². The lowest BCUT2D eigenvalue weighted by Crippen LogP contribution is -2.39. The first-order chi connectivity index (χ1) is 14.0. The van der Waals surface area contributed by atoms with Gasteiger partial charge in [0, 0.05) is 23.1 Å². The van der Waals surface area contributed by atoms with Crippen molar-refractivity contribution in [2.45, 2.75) is 45.2 Å². The van der Waals surface area contributed by atoms with Gasteiger partial charge in [0.2, 0.25) is 5.91 Å². The predicted octanol–water partition coefficient (Wildman–Crippen LogP) is 4.98. The molecule has 2 aromatic rings. The molecule has 30 heavy (non-hydrogen) atoms. The largest absolute Gasteiger partial charge is 0.331 e. The van der Waals surface area contributed by atoms with E-state index in [1.165, 1.54) is 5.56 Å². The maximum absolute atomic E-state index is 13.1. The summed E-state index contributed by atoms with van der Waals surface area (Å²) in [6, 6.07) is 15.6. The quantitative estimate of drug-likeness (QED) is 0.556. The molecule has 2 aromatic carbocycles. The molecular weight excluding hydrogens is 462 g/mol. The number of rotatable bonds is 5. The van der Waals surface area contributed by atoms with Gasteiger partial charge in [-0.25, -0.2) is 8.42 Å². The summed E-state index contributed by atoms with van der Waals surface area (Å²) >= 11 is 3.46. The van der Waals surface area contributed by atoms with Crippen molar-refractivity contribution in [1.82, 2.24) is 4.90 Å². The van der Waals surface area contributed by atoms with Crippen molar-refractivity contribution in [3.63, 3.8) is 0 Å². The highest BCUT2D eigenvalue weighted by Crippen LogP contribution is 2.24. The smallest absolute Gasteiger partial charge is 0.247 e. The highest BCUT2D eigenvalue weighted by atomic mass is 79.9. The molecule has 1 fully saturated rings. The summed E-state index contributed by atoms with van der Waals surface area (Å²) in [5.74, 6) is -0.00402. The van der Waals surface area contributed by atoms with E-state index in [4.69, 9.17) is 0 Å². The maximum atomic E-state index is 13.1. The van der Waals surface area contributed by atoms with Crippen molar-refractivity contribution < 1.29 is 13.2 Å². The minimum atomic E-state index is -3.09. The van der Waals surface area contributed by atoms with Crippen LogP contribution < -0.4 is 0 Å². The zero-order valence-corrected chi connectivity index (χ0v) is 20.0. The first-order valence-corrected chi connectivity index (χ1v) is 12.7. The Morgan fingerprint density at radius 1 is 1.17 bits per heavy atom. The van der Waals surface area contributed by atoms with Gasteiger partial charge in [-0.3, -0.25) is 4.79 Å². The van der Waals surface area contributed by atoms with Gasteiger partial charge in [0.15, 0.2) is 9.84 Å². The average Bonchev–Trinajstić information content (AvgIpc) is 3.03. The van der Waals surface area contributed by atoms with Crippen molar-refractivity contribution in [3.05, 3.63) is 75.8 Å². The van der Waals surface area contributed by atoms with Gasteiger partial charge in [0.25, 0.3) is 0 Å². The summed E-state index contributed by atoms with van der Waals surface area (Å²) in [5, 5.41) is 0. The van der Waals surface area contributed by atoms with Gasteiger partial charge in [-0.1, -0.05) is 73.1 Å². The van der Waals surface area contributed by atoms with Crippen LogP contribution in [0.1, 0.15) is 43.9 Å². The van der Waals surface area contributed by atoms with Gasteiger partial charge in [0.1, 0.15) is 0 Å². The lowest BCUT2D eigenvalue weighted by molar-refractivity contribution is -0.128. The Morgan fingerprint density at radius 2 is 1.87 bits per heavy atom. The fraction of sp³-hybridized carbons (Fsp3) is 0.375. The maximum Gasteiger partial charge on any atom is 0.247 e. The van der Waals surface area contributed by atoms with Crippen molar-refractivity contribution in [3.8, 4) is 0 Å². The van der Waals surface area contributed by atoms with Crippen molar-refractivity contribution in [2.75, 3.05) is 11.5 Å². The summed E-state index contributed by atoms with van der Waals surface area (Å²) in [6.07, 6.45) is 3.83. The van der Waals surface area contributed by atoms with Crippen LogP contribution in [0.5, 0.6) is 0 Å². The summed E-state index contributed by atoms with van der Waals surface area (Å²) < 4.78 is 24.9. The second-order valence-electron chi connectivity index (χ2n) is 8.86. The zero-order chi connectivity index (χ0) is 21.9. The Kier molecular flexibility index (Phi) is 6.88. The number of amides is 1. The van der Waals surface area contributed by atoms with Crippen LogP contribution in [0.4, 0.5) is 0 Å². The molecule has 0 saturated carbocycles. The topological polar surface area (TPSA) is 54.5 Å². The minimum absolute atomic E-state index is 0.0286. The lowest BCUT2D eigenvalue weighted by Gasteiger charge is -2.27. The molecule has 1 amide bonds. The molecule has 1 aliphatic heterocycles. The van der Waals surface area contributed by atoms with E-state index in [2.05, 4.69) is 48.8 Å². The molecule has 1 aliphatic rings. The second kappa shape index (κ2) is 9.06. The first-order valence-electron chi connectivity index (χ1n) is 10.1. The molecule has 0 N–H and O–H groups in total. The molecule has 0 aromatic heterocycles. The number of halogens is 1. The van der Waals surface area contributed by atoms with E-state index >= 15 is 0 Å². The fourth-order valence-electron chi connectivity index (χ4n) is 3.60. The molecule has 1 unspecified atom stereocenters. The number of hydrogen-bond donors (Lipinski definition) is 0. The molecular formula is C24H28BrNO3S. The second-order valence-corrected chi connectivity index (χ2v) is 12.0. The van der Waals surface area contributed by atoms with Gasteiger partial charge in [-0.05, 0) is 46.7 Å². The Hall–Kier alpha value is -1.92. The number of carbonyl (C=O) groups is 1. The monoisotopic (exact) mass is 489 g/mol. The number of hydrogen-bond acceptors (Lipinski definition) is 3. The first kappa shape index (κ1) is 22.8. The molecule has 4 nitrogen and oxygen atoms in total. The highest BCUT2D eigenvalue weighted by Gasteiger charge is 2.34. The molecule has 3 rings (SSSR count). The molecule has 1 heterocycles. The summed E-state index contributed by atoms with van der Waals surface area (Å²) in [7, 11) is -3.09. The number of carbonyl (C=O) groups excluding carboxylic acids is 1. The standard InChI is InChI=1S/C24H28BrNO3S/c1-24(2,3)20-10-7-18(8-11-20)9-12-23(27)26(22-13-14-30(28,29)17-22)16-19-5-4-6-21(25)15-19/h4-12,15,22H,13-14,16-17H2,1-3H3. The van der Waals surface area contributed by atoms with Gasteiger partial charge >= 0.3 is 0 Å². The van der Waals surface area contributed by atoms with E-state index in [1.807, 2.05) is 36.4 Å². The van der Waals surface area contributed by atoms with E-state index < -0.39 is 9.84 Å². The minimum Gasteiger partial charge on any atom is -0.331 e. The van der Waals surface area contributed by atoms with Gasteiger partial charge in [-0.2, -0.15) is 0 Å². The summed E-state index contributed by atoms with van der Waals surface area (Å²) in [6.45, 7) is 6.87. The highest BCUT2D eigenvalue weighted by molar-refractivity contribution is 9.10. The molecule has 0 aliphatic carbocycles. The SMILES string of the molecule is CC(C)(C)c1ccc(C=CC(=O)N(Cc2cccc(Br)c2)C2CCS(=O)(=O)C2)cc1. The Balaban J connectivity index is 1.80. The molecule has 160 valence electrons. The van der Waals surface area contributed by atoms with E-state index in [1.54, 1.807) is 17.1 Å². The summed E-state index contributed by atoms with van der Waals surface area (Å²) in [4.78, 5) is 14.7. The molecule has 0 radical (unpaired) electrons. The van der Waals surface area contributed by atoms with E-state index in [-0.39, 0.29) is 28.9 Å². The van der Waals surface area contributed by atoms with Crippen LogP contribution in [-0.2, 0) is 26.6 Å².